The highest BCUT2D eigenvalue weighted by Crippen LogP contribution is 2.37. The van der Waals surface area contributed by atoms with Gasteiger partial charge in [-0.05, 0) is 53.8 Å². The summed E-state index contributed by atoms with van der Waals surface area (Å²) in [7, 11) is 5.03. The molecule has 1 atom stereocenters. The molecule has 1 unspecified atom stereocenters. The maximum atomic E-state index is 6.12. The maximum Gasteiger partial charge on any atom is 0.161 e. The SMILES string of the molecule is CC.COc1cc(OC)c(/C=C/C2NCCc3cc(OCc4ccccc4)c(OC)cc32)cc1C. The van der Waals surface area contributed by atoms with Gasteiger partial charge >= 0.3 is 0 Å². The third kappa shape index (κ3) is 6.37. The van der Waals surface area contributed by atoms with E-state index >= 15 is 0 Å². The lowest BCUT2D eigenvalue weighted by Crippen LogP contribution is -2.28. The molecule has 0 aliphatic carbocycles. The summed E-state index contributed by atoms with van der Waals surface area (Å²) in [5.74, 6) is 3.12. The van der Waals surface area contributed by atoms with Gasteiger partial charge in [0.25, 0.3) is 0 Å². The Labute approximate surface area is 209 Å². The topological polar surface area (TPSA) is 49.0 Å². The summed E-state index contributed by atoms with van der Waals surface area (Å²) >= 11 is 0. The van der Waals surface area contributed by atoms with Gasteiger partial charge in [-0.25, -0.2) is 0 Å². The molecule has 1 N–H and O–H groups in total. The molecule has 0 saturated heterocycles. The van der Waals surface area contributed by atoms with Gasteiger partial charge in [0, 0.05) is 18.2 Å². The molecule has 0 saturated carbocycles. The number of hydrogen-bond donors (Lipinski definition) is 1. The fourth-order valence-corrected chi connectivity index (χ4v) is 4.19. The first-order valence-corrected chi connectivity index (χ1v) is 12.1. The summed E-state index contributed by atoms with van der Waals surface area (Å²) in [6.45, 7) is 7.44. The molecule has 186 valence electrons. The van der Waals surface area contributed by atoms with Crippen LogP contribution in [0.3, 0.4) is 0 Å². The molecule has 0 bridgehead atoms. The lowest BCUT2D eigenvalue weighted by molar-refractivity contribution is 0.283. The average Bonchev–Trinajstić information content (AvgIpc) is 2.91. The number of benzene rings is 3. The molecule has 1 aliphatic rings. The van der Waals surface area contributed by atoms with Crippen LogP contribution >= 0.6 is 0 Å². The number of fused-ring (bicyclic) bond motifs is 1. The number of methoxy groups -OCH3 is 3. The minimum atomic E-state index is 0.0675. The van der Waals surface area contributed by atoms with Crippen LogP contribution in [-0.2, 0) is 13.0 Å². The number of nitrogens with one attached hydrogen (secondary N) is 1. The molecule has 0 spiro atoms. The molecule has 0 fully saturated rings. The fourth-order valence-electron chi connectivity index (χ4n) is 4.19. The van der Waals surface area contributed by atoms with Gasteiger partial charge in [0.2, 0.25) is 0 Å². The molecule has 35 heavy (non-hydrogen) atoms. The summed E-state index contributed by atoms with van der Waals surface area (Å²) in [6, 6.07) is 18.5. The van der Waals surface area contributed by atoms with Crippen molar-refractivity contribution >= 4 is 6.08 Å². The van der Waals surface area contributed by atoms with Crippen LogP contribution in [0.5, 0.6) is 23.0 Å². The summed E-state index contributed by atoms with van der Waals surface area (Å²) in [5.41, 5.74) is 5.68. The maximum absolute atomic E-state index is 6.12. The number of rotatable bonds is 8. The Morgan fingerprint density at radius 3 is 2.26 bits per heavy atom. The molecule has 4 rings (SSSR count). The Bertz CT molecular complexity index is 1120. The summed E-state index contributed by atoms with van der Waals surface area (Å²) in [6.07, 6.45) is 5.21. The number of ether oxygens (including phenoxy) is 4. The van der Waals surface area contributed by atoms with Gasteiger partial charge in [-0.1, -0.05) is 56.3 Å². The second kappa shape index (κ2) is 12.9. The zero-order valence-corrected chi connectivity index (χ0v) is 21.7. The van der Waals surface area contributed by atoms with Crippen LogP contribution in [0.1, 0.15) is 47.7 Å². The Morgan fingerprint density at radius 2 is 1.57 bits per heavy atom. The van der Waals surface area contributed by atoms with E-state index in [0.29, 0.717) is 6.61 Å². The van der Waals surface area contributed by atoms with Gasteiger partial charge in [-0.15, -0.1) is 0 Å². The summed E-state index contributed by atoms with van der Waals surface area (Å²) in [5, 5.41) is 3.60. The minimum absolute atomic E-state index is 0.0675. The molecule has 1 heterocycles. The predicted molar refractivity (Wildman–Crippen MR) is 143 cm³/mol. The van der Waals surface area contributed by atoms with Crippen molar-refractivity contribution in [1.29, 1.82) is 0 Å². The largest absolute Gasteiger partial charge is 0.496 e. The van der Waals surface area contributed by atoms with E-state index in [1.165, 1.54) is 11.1 Å². The molecule has 0 aromatic heterocycles. The van der Waals surface area contributed by atoms with Crippen LogP contribution in [-0.4, -0.2) is 27.9 Å². The van der Waals surface area contributed by atoms with Crippen molar-refractivity contribution in [2.45, 2.75) is 39.8 Å². The minimum Gasteiger partial charge on any atom is -0.496 e. The molecule has 0 amide bonds. The summed E-state index contributed by atoms with van der Waals surface area (Å²) < 4.78 is 22.8. The summed E-state index contributed by atoms with van der Waals surface area (Å²) in [4.78, 5) is 0. The van der Waals surface area contributed by atoms with Gasteiger partial charge in [0.1, 0.15) is 18.1 Å². The lowest BCUT2D eigenvalue weighted by atomic mass is 9.92. The van der Waals surface area contributed by atoms with E-state index in [2.05, 4.69) is 47.8 Å². The van der Waals surface area contributed by atoms with E-state index in [-0.39, 0.29) is 6.04 Å². The highest BCUT2D eigenvalue weighted by molar-refractivity contribution is 5.62. The normalized spacial score (nSPS) is 14.5. The van der Waals surface area contributed by atoms with E-state index in [9.17, 15) is 0 Å². The van der Waals surface area contributed by atoms with Crippen LogP contribution in [0, 0.1) is 6.92 Å². The Kier molecular flexibility index (Phi) is 9.62. The third-order valence-electron chi connectivity index (χ3n) is 5.97. The van der Waals surface area contributed by atoms with Crippen molar-refractivity contribution in [3.8, 4) is 23.0 Å². The van der Waals surface area contributed by atoms with Crippen LogP contribution in [0.2, 0.25) is 0 Å². The smallest absolute Gasteiger partial charge is 0.161 e. The van der Waals surface area contributed by atoms with E-state index in [4.69, 9.17) is 18.9 Å². The van der Waals surface area contributed by atoms with Crippen molar-refractivity contribution in [3.05, 3.63) is 88.5 Å². The van der Waals surface area contributed by atoms with Crippen molar-refractivity contribution in [3.63, 3.8) is 0 Å². The van der Waals surface area contributed by atoms with Crippen LogP contribution in [0.25, 0.3) is 6.08 Å². The first-order valence-electron chi connectivity index (χ1n) is 12.1. The molecule has 3 aromatic rings. The highest BCUT2D eigenvalue weighted by atomic mass is 16.5. The first kappa shape index (κ1) is 26.2. The van der Waals surface area contributed by atoms with Gasteiger partial charge in [0.15, 0.2) is 11.5 Å². The molecule has 1 aliphatic heterocycles. The monoisotopic (exact) mass is 475 g/mol. The number of aryl methyl sites for hydroxylation is 1. The van der Waals surface area contributed by atoms with E-state index < -0.39 is 0 Å². The molecule has 3 aromatic carbocycles. The molecular weight excluding hydrogens is 438 g/mol. The molecule has 5 nitrogen and oxygen atoms in total. The molecular formula is C30H37NO4. The highest BCUT2D eigenvalue weighted by Gasteiger charge is 2.21. The Hall–Kier alpha value is -3.44. The third-order valence-corrected chi connectivity index (χ3v) is 5.97. The zero-order valence-electron chi connectivity index (χ0n) is 21.7. The van der Waals surface area contributed by atoms with Gasteiger partial charge in [-0.2, -0.15) is 0 Å². The van der Waals surface area contributed by atoms with Crippen molar-refractivity contribution in [2.24, 2.45) is 0 Å². The second-order valence-corrected chi connectivity index (χ2v) is 8.08. The van der Waals surface area contributed by atoms with Crippen molar-refractivity contribution < 1.29 is 18.9 Å². The average molecular weight is 476 g/mol. The van der Waals surface area contributed by atoms with Crippen LogP contribution in [0.15, 0.2) is 60.7 Å². The van der Waals surface area contributed by atoms with Gasteiger partial charge < -0.3 is 24.3 Å². The molecule has 0 radical (unpaired) electrons. The molecule has 5 heteroatoms. The Morgan fingerprint density at radius 1 is 0.857 bits per heavy atom. The fraction of sp³-hybridized carbons (Fsp3) is 0.333. The van der Waals surface area contributed by atoms with Crippen molar-refractivity contribution in [2.75, 3.05) is 27.9 Å². The quantitative estimate of drug-likeness (QED) is 0.402. The van der Waals surface area contributed by atoms with Gasteiger partial charge in [-0.3, -0.25) is 0 Å². The Balaban J connectivity index is 0.00000167. The zero-order chi connectivity index (χ0) is 25.2. The van der Waals surface area contributed by atoms with E-state index in [1.807, 2.05) is 45.0 Å². The standard InChI is InChI=1S/C28H31NO4.C2H6/c1-19-14-22(26(31-3)17-25(19)30-2)10-11-24-23-16-27(32-4)28(15-21(23)12-13-29-24)33-18-20-8-6-5-7-9-20;1-2/h5-11,14-17,24,29H,12-13,18H2,1-4H3;1-2H3/b11-10+;. The second-order valence-electron chi connectivity index (χ2n) is 8.08. The van der Waals surface area contributed by atoms with E-state index in [1.54, 1.807) is 21.3 Å². The van der Waals surface area contributed by atoms with Crippen LogP contribution in [0.4, 0.5) is 0 Å². The first-order chi connectivity index (χ1) is 17.1. The van der Waals surface area contributed by atoms with Crippen LogP contribution < -0.4 is 24.3 Å². The lowest BCUT2D eigenvalue weighted by Gasteiger charge is -2.26. The predicted octanol–water partition coefficient (Wildman–Crippen LogP) is 6.53. The van der Waals surface area contributed by atoms with Crippen molar-refractivity contribution in [1.82, 2.24) is 5.32 Å². The van der Waals surface area contributed by atoms with E-state index in [0.717, 1.165) is 52.7 Å². The van der Waals surface area contributed by atoms with Gasteiger partial charge in [0.05, 0.1) is 27.4 Å². The number of hydrogen-bond acceptors (Lipinski definition) is 5.